The predicted molar refractivity (Wildman–Crippen MR) is 52.9 cm³/mol. The first-order chi connectivity index (χ1) is 7.04. The third-order valence-electron chi connectivity index (χ3n) is 3.43. The average molecular weight is 230 g/mol. The fourth-order valence-electron chi connectivity index (χ4n) is 2.70. The molecule has 0 aromatic rings. The number of hydroxylamine groups is 2. The van der Waals surface area contributed by atoms with Crippen molar-refractivity contribution in [3.8, 4) is 0 Å². The van der Waals surface area contributed by atoms with Crippen LogP contribution in [0.2, 0.25) is 0 Å². The summed E-state index contributed by atoms with van der Waals surface area (Å²) in [5.74, 6) is -4.91. The molecule has 1 rings (SSSR count). The average Bonchev–Trinajstić information content (AvgIpc) is 2.23. The van der Waals surface area contributed by atoms with Gasteiger partial charge in [-0.2, -0.15) is 0 Å². The van der Waals surface area contributed by atoms with Gasteiger partial charge in [0.25, 0.3) is 0 Å². The lowest BCUT2D eigenvalue weighted by molar-refractivity contribution is -0.251. The summed E-state index contributed by atoms with van der Waals surface area (Å²) in [6.07, 6.45) is 0. The van der Waals surface area contributed by atoms with E-state index in [1.165, 1.54) is 27.7 Å². The summed E-state index contributed by atoms with van der Waals surface area (Å²) in [4.78, 5) is 22.3. The number of hydrogen-bond acceptors (Lipinski definition) is 3. The molecule has 1 heterocycles. The van der Waals surface area contributed by atoms with Crippen LogP contribution >= 0.6 is 0 Å². The molecule has 1 saturated heterocycles. The molecule has 1 aliphatic heterocycles. The summed E-state index contributed by atoms with van der Waals surface area (Å²) in [7, 11) is 0. The van der Waals surface area contributed by atoms with Gasteiger partial charge in [0.05, 0.1) is 22.9 Å². The number of rotatable bonds is 2. The number of carboxylic acids is 2. The Morgan fingerprint density at radius 1 is 0.938 bits per heavy atom. The van der Waals surface area contributed by atoms with Crippen molar-refractivity contribution in [2.24, 2.45) is 11.8 Å². The Hall–Kier alpha value is -1.14. The zero-order valence-corrected chi connectivity index (χ0v) is 9.72. The van der Waals surface area contributed by atoms with Crippen LogP contribution in [-0.4, -0.2) is 38.3 Å². The number of hydrogen-bond donors (Lipinski definition) is 2. The van der Waals surface area contributed by atoms with Crippen molar-refractivity contribution in [1.82, 2.24) is 5.06 Å². The van der Waals surface area contributed by atoms with Crippen LogP contribution in [0.25, 0.3) is 0 Å². The molecule has 0 aromatic carbocycles. The second-order valence-corrected chi connectivity index (χ2v) is 5.23. The van der Waals surface area contributed by atoms with E-state index in [1.54, 1.807) is 0 Å². The van der Waals surface area contributed by atoms with Crippen LogP contribution in [0.4, 0.5) is 0 Å². The van der Waals surface area contributed by atoms with Crippen LogP contribution in [0.5, 0.6) is 0 Å². The first kappa shape index (κ1) is 12.9. The van der Waals surface area contributed by atoms with Gasteiger partial charge >= 0.3 is 11.9 Å². The van der Waals surface area contributed by atoms with Gasteiger partial charge in [0.2, 0.25) is 0 Å². The van der Waals surface area contributed by atoms with Gasteiger partial charge in [0.15, 0.2) is 0 Å². The topological polar surface area (TPSA) is 97.7 Å². The van der Waals surface area contributed by atoms with Gasteiger partial charge in [-0.25, -0.2) is 0 Å². The van der Waals surface area contributed by atoms with E-state index in [1.807, 2.05) is 0 Å². The van der Waals surface area contributed by atoms with E-state index in [2.05, 4.69) is 0 Å². The number of carboxylic acid groups (broad SMARTS) is 2. The summed E-state index contributed by atoms with van der Waals surface area (Å²) in [6.45, 7) is 5.85. The molecule has 0 bridgehead atoms. The molecule has 16 heavy (non-hydrogen) atoms. The Kier molecular flexibility index (Phi) is 2.77. The smallest absolute Gasteiger partial charge is 0.309 e. The van der Waals surface area contributed by atoms with E-state index < -0.39 is 34.9 Å². The SMILES string of the molecule is CC1(C)[C@H](C(=O)O)[C@@H](C(=O)O)C(C)(C)N1[O]. The zero-order chi connectivity index (χ0) is 12.9. The molecule has 0 spiro atoms. The van der Waals surface area contributed by atoms with Crippen molar-refractivity contribution in [2.75, 3.05) is 0 Å². The van der Waals surface area contributed by atoms with Crippen LogP contribution < -0.4 is 0 Å². The maximum atomic E-state index is 12.0. The summed E-state index contributed by atoms with van der Waals surface area (Å²) in [5, 5.41) is 30.7. The Morgan fingerprint density at radius 3 is 1.38 bits per heavy atom. The van der Waals surface area contributed by atoms with E-state index in [-0.39, 0.29) is 0 Å². The normalized spacial score (nSPS) is 32.6. The Bertz CT molecular complexity index is 304. The predicted octanol–water partition coefficient (Wildman–Crippen LogP) is 0.606. The molecule has 1 fully saturated rings. The summed E-state index contributed by atoms with van der Waals surface area (Å²) < 4.78 is 0. The van der Waals surface area contributed by atoms with Gasteiger partial charge in [-0.3, -0.25) is 9.59 Å². The molecule has 6 heteroatoms. The van der Waals surface area contributed by atoms with Crippen LogP contribution in [0, 0.1) is 11.8 Å². The van der Waals surface area contributed by atoms with E-state index in [0.29, 0.717) is 5.06 Å². The summed E-state index contributed by atoms with van der Waals surface area (Å²) in [6, 6.07) is 0. The zero-order valence-electron chi connectivity index (χ0n) is 9.72. The summed E-state index contributed by atoms with van der Waals surface area (Å²) >= 11 is 0. The number of aliphatic carboxylic acids is 2. The molecule has 0 aliphatic carbocycles. The maximum absolute atomic E-state index is 12.0. The lowest BCUT2D eigenvalue weighted by atomic mass is 9.77. The molecular formula is C10H16NO5. The van der Waals surface area contributed by atoms with Gasteiger partial charge in [0, 0.05) is 0 Å². The number of carbonyl (C=O) groups is 2. The highest BCUT2D eigenvalue weighted by Crippen LogP contribution is 2.48. The van der Waals surface area contributed by atoms with Gasteiger partial charge in [-0.1, -0.05) is 0 Å². The monoisotopic (exact) mass is 230 g/mol. The minimum atomic E-state index is -1.25. The van der Waals surface area contributed by atoms with E-state index in [0.717, 1.165) is 0 Å². The highest BCUT2D eigenvalue weighted by Gasteiger charge is 2.64. The van der Waals surface area contributed by atoms with E-state index in [4.69, 9.17) is 10.2 Å². The Labute approximate surface area is 93.4 Å². The van der Waals surface area contributed by atoms with Crippen LogP contribution in [0.15, 0.2) is 0 Å². The molecule has 1 radical (unpaired) electrons. The van der Waals surface area contributed by atoms with Crippen molar-refractivity contribution in [1.29, 1.82) is 0 Å². The lowest BCUT2D eigenvalue weighted by Crippen LogP contribution is -2.48. The second kappa shape index (κ2) is 3.43. The third kappa shape index (κ3) is 1.49. The molecule has 2 atom stereocenters. The minimum absolute atomic E-state index is 0.595. The minimum Gasteiger partial charge on any atom is -0.481 e. The highest BCUT2D eigenvalue weighted by atomic mass is 16.5. The molecular weight excluding hydrogens is 214 g/mol. The lowest BCUT2D eigenvalue weighted by Gasteiger charge is -2.32. The fraction of sp³-hybridized carbons (Fsp3) is 0.800. The van der Waals surface area contributed by atoms with Gasteiger partial charge in [-0.15, -0.1) is 10.3 Å². The van der Waals surface area contributed by atoms with Crippen LogP contribution in [0.3, 0.4) is 0 Å². The molecule has 2 N–H and O–H groups in total. The van der Waals surface area contributed by atoms with Crippen molar-refractivity contribution < 1.29 is 25.0 Å². The third-order valence-corrected chi connectivity index (χ3v) is 3.43. The fourth-order valence-corrected chi connectivity index (χ4v) is 2.70. The molecule has 0 unspecified atom stereocenters. The molecule has 0 saturated carbocycles. The quantitative estimate of drug-likeness (QED) is 0.724. The number of nitrogens with zero attached hydrogens (tertiary/aromatic N) is 1. The molecule has 0 amide bonds. The largest absolute Gasteiger partial charge is 0.481 e. The van der Waals surface area contributed by atoms with Gasteiger partial charge in [-0.05, 0) is 27.7 Å². The first-order valence-electron chi connectivity index (χ1n) is 4.97. The van der Waals surface area contributed by atoms with Gasteiger partial charge < -0.3 is 10.2 Å². The molecule has 6 nitrogen and oxygen atoms in total. The first-order valence-corrected chi connectivity index (χ1v) is 4.97. The van der Waals surface area contributed by atoms with E-state index in [9.17, 15) is 14.8 Å². The van der Waals surface area contributed by atoms with Gasteiger partial charge in [0.1, 0.15) is 0 Å². The van der Waals surface area contributed by atoms with Crippen LogP contribution in [0.1, 0.15) is 27.7 Å². The summed E-state index contributed by atoms with van der Waals surface area (Å²) in [5.41, 5.74) is -2.45. The van der Waals surface area contributed by atoms with Crippen molar-refractivity contribution in [3.63, 3.8) is 0 Å². The van der Waals surface area contributed by atoms with Crippen molar-refractivity contribution >= 4 is 11.9 Å². The molecule has 0 aromatic heterocycles. The standard InChI is InChI=1S/C10H16NO5/c1-9(2)5(7(12)13)6(8(14)15)10(3,4)11(9)16/h5-6H,1-4H3,(H,12,13)(H,14,15)/t5-,6-/m0/s1. The van der Waals surface area contributed by atoms with Crippen molar-refractivity contribution in [3.05, 3.63) is 0 Å². The molecule has 91 valence electrons. The Balaban J connectivity index is 3.34. The molecule has 1 aliphatic rings. The highest BCUT2D eigenvalue weighted by molar-refractivity contribution is 5.83. The van der Waals surface area contributed by atoms with E-state index >= 15 is 0 Å². The maximum Gasteiger partial charge on any atom is 0.309 e. The van der Waals surface area contributed by atoms with Crippen molar-refractivity contribution in [2.45, 2.75) is 38.8 Å². The van der Waals surface area contributed by atoms with Crippen LogP contribution in [-0.2, 0) is 14.8 Å². The second-order valence-electron chi connectivity index (χ2n) is 5.23. The Morgan fingerprint density at radius 2 is 1.19 bits per heavy atom.